The van der Waals surface area contributed by atoms with Crippen molar-refractivity contribution in [2.45, 2.75) is 0 Å². The van der Waals surface area contributed by atoms with Gasteiger partial charge in [-0.25, -0.2) is 4.98 Å². The van der Waals surface area contributed by atoms with Crippen LogP contribution >= 0.6 is 0 Å². The number of hydrogen-bond acceptors (Lipinski definition) is 2. The largest absolute Gasteiger partial charge is 0.497 e. The summed E-state index contributed by atoms with van der Waals surface area (Å²) in [7, 11) is 1.68. The van der Waals surface area contributed by atoms with Crippen LogP contribution < -0.4 is 4.74 Å². The fourth-order valence-corrected chi connectivity index (χ4v) is 3.00. The summed E-state index contributed by atoms with van der Waals surface area (Å²) in [5.74, 6) is 1.78. The molecule has 25 heavy (non-hydrogen) atoms. The van der Waals surface area contributed by atoms with E-state index in [-0.39, 0.29) is 0 Å². The smallest absolute Gasteiger partial charge is 0.145 e. The predicted molar refractivity (Wildman–Crippen MR) is 101 cm³/mol. The number of benzene rings is 3. The third kappa shape index (κ3) is 2.92. The minimum Gasteiger partial charge on any atom is -0.497 e. The molecule has 3 nitrogen and oxygen atoms in total. The average Bonchev–Trinajstić information content (AvgIpc) is 3.18. The van der Waals surface area contributed by atoms with Gasteiger partial charge in [-0.05, 0) is 35.4 Å². The van der Waals surface area contributed by atoms with Crippen molar-refractivity contribution in [1.82, 2.24) is 9.55 Å². The van der Waals surface area contributed by atoms with Crippen molar-refractivity contribution in [3.8, 4) is 34.0 Å². The molecule has 0 aliphatic carbocycles. The molecule has 0 aliphatic rings. The molecule has 0 fully saturated rings. The molecular formula is C22H18N2O. The Bertz CT molecular complexity index is 972. The Kier molecular flexibility index (Phi) is 4.05. The highest BCUT2D eigenvalue weighted by Gasteiger charge is 2.13. The van der Waals surface area contributed by atoms with E-state index in [0.717, 1.165) is 34.0 Å². The van der Waals surface area contributed by atoms with Crippen molar-refractivity contribution in [3.05, 3.63) is 91.3 Å². The van der Waals surface area contributed by atoms with E-state index in [1.807, 2.05) is 48.8 Å². The van der Waals surface area contributed by atoms with Crippen LogP contribution in [0.3, 0.4) is 0 Å². The van der Waals surface area contributed by atoms with Crippen molar-refractivity contribution in [3.63, 3.8) is 0 Å². The summed E-state index contributed by atoms with van der Waals surface area (Å²) in [4.78, 5) is 4.62. The van der Waals surface area contributed by atoms with Crippen LogP contribution in [-0.2, 0) is 0 Å². The number of ether oxygens (including phenoxy) is 1. The van der Waals surface area contributed by atoms with Gasteiger partial charge in [0.1, 0.15) is 11.6 Å². The third-order valence-corrected chi connectivity index (χ3v) is 4.24. The van der Waals surface area contributed by atoms with E-state index in [1.165, 1.54) is 0 Å². The molecule has 0 spiro atoms. The van der Waals surface area contributed by atoms with Crippen LogP contribution in [0.5, 0.6) is 5.75 Å². The second kappa shape index (κ2) is 6.65. The van der Waals surface area contributed by atoms with Crippen LogP contribution in [0.4, 0.5) is 0 Å². The van der Waals surface area contributed by atoms with E-state index in [4.69, 9.17) is 4.74 Å². The molecule has 1 heterocycles. The zero-order valence-electron chi connectivity index (χ0n) is 14.0. The van der Waals surface area contributed by atoms with Gasteiger partial charge in [0, 0.05) is 23.6 Å². The van der Waals surface area contributed by atoms with Crippen molar-refractivity contribution in [1.29, 1.82) is 0 Å². The molecule has 0 amide bonds. The first-order valence-corrected chi connectivity index (χ1v) is 8.19. The minimum atomic E-state index is 0.854. The van der Waals surface area contributed by atoms with Crippen LogP contribution in [-0.4, -0.2) is 16.7 Å². The van der Waals surface area contributed by atoms with Gasteiger partial charge in [-0.15, -0.1) is 0 Å². The first-order chi connectivity index (χ1) is 12.4. The lowest BCUT2D eigenvalue weighted by molar-refractivity contribution is 0.415. The third-order valence-electron chi connectivity index (χ3n) is 4.24. The molecule has 3 heteroatoms. The molecule has 1 aromatic heterocycles. The summed E-state index contributed by atoms with van der Waals surface area (Å²) in [5, 5.41) is 0. The topological polar surface area (TPSA) is 27.1 Å². The van der Waals surface area contributed by atoms with Gasteiger partial charge in [0.15, 0.2) is 0 Å². The van der Waals surface area contributed by atoms with Crippen molar-refractivity contribution < 1.29 is 4.74 Å². The van der Waals surface area contributed by atoms with Gasteiger partial charge >= 0.3 is 0 Å². The average molecular weight is 326 g/mol. The number of aromatic nitrogens is 2. The Morgan fingerprint density at radius 1 is 0.760 bits per heavy atom. The lowest BCUT2D eigenvalue weighted by Crippen LogP contribution is -1.97. The molecule has 0 radical (unpaired) electrons. The van der Waals surface area contributed by atoms with Gasteiger partial charge in [0.25, 0.3) is 0 Å². The standard InChI is InChI=1S/C22H18N2O/c1-25-19-13-11-17(12-14-19)20-9-5-6-10-21(20)22-23-15-16-24(22)18-7-3-2-4-8-18/h2-16H,1H3. The summed E-state index contributed by atoms with van der Waals surface area (Å²) in [6.07, 6.45) is 3.84. The second-order valence-corrected chi connectivity index (χ2v) is 5.73. The fourth-order valence-electron chi connectivity index (χ4n) is 3.00. The van der Waals surface area contributed by atoms with Crippen LogP contribution in [0.15, 0.2) is 91.3 Å². The van der Waals surface area contributed by atoms with Gasteiger partial charge in [0.05, 0.1) is 7.11 Å². The van der Waals surface area contributed by atoms with Crippen LogP contribution in [0.2, 0.25) is 0 Å². The molecule has 4 aromatic rings. The van der Waals surface area contributed by atoms with Crippen LogP contribution in [0, 0.1) is 0 Å². The van der Waals surface area contributed by atoms with E-state index < -0.39 is 0 Å². The Morgan fingerprint density at radius 3 is 2.16 bits per heavy atom. The summed E-state index contributed by atoms with van der Waals surface area (Å²) in [6.45, 7) is 0. The van der Waals surface area contributed by atoms with E-state index in [1.54, 1.807) is 7.11 Å². The summed E-state index contributed by atoms with van der Waals surface area (Å²) in [5.41, 5.74) is 4.48. The second-order valence-electron chi connectivity index (χ2n) is 5.73. The highest BCUT2D eigenvalue weighted by atomic mass is 16.5. The normalized spacial score (nSPS) is 10.6. The summed E-state index contributed by atoms with van der Waals surface area (Å²) >= 11 is 0. The summed E-state index contributed by atoms with van der Waals surface area (Å²) in [6, 6.07) is 26.7. The Labute approximate surface area is 147 Å². The minimum absolute atomic E-state index is 0.854. The van der Waals surface area contributed by atoms with Crippen molar-refractivity contribution in [2.75, 3.05) is 7.11 Å². The van der Waals surface area contributed by atoms with Crippen molar-refractivity contribution >= 4 is 0 Å². The lowest BCUT2D eigenvalue weighted by Gasteiger charge is -2.12. The SMILES string of the molecule is COc1ccc(-c2ccccc2-c2nccn2-c2ccccc2)cc1. The Balaban J connectivity index is 1.84. The zero-order valence-corrected chi connectivity index (χ0v) is 14.0. The fraction of sp³-hybridized carbons (Fsp3) is 0.0455. The molecule has 122 valence electrons. The zero-order chi connectivity index (χ0) is 17.1. The number of nitrogens with zero attached hydrogens (tertiary/aromatic N) is 2. The van der Waals surface area contributed by atoms with Crippen LogP contribution in [0.25, 0.3) is 28.2 Å². The van der Waals surface area contributed by atoms with E-state index in [0.29, 0.717) is 0 Å². The molecule has 0 unspecified atom stereocenters. The molecular weight excluding hydrogens is 308 g/mol. The maximum Gasteiger partial charge on any atom is 0.145 e. The molecule has 0 saturated heterocycles. The first kappa shape index (κ1) is 15.2. The van der Waals surface area contributed by atoms with Gasteiger partial charge in [-0.3, -0.25) is 4.57 Å². The van der Waals surface area contributed by atoms with Crippen molar-refractivity contribution in [2.24, 2.45) is 0 Å². The maximum atomic E-state index is 5.27. The number of methoxy groups -OCH3 is 1. The molecule has 0 N–H and O–H groups in total. The Morgan fingerprint density at radius 2 is 1.44 bits per heavy atom. The molecule has 0 bridgehead atoms. The quantitative estimate of drug-likeness (QED) is 0.514. The van der Waals surface area contributed by atoms with E-state index in [2.05, 4.69) is 52.0 Å². The number of imidazole rings is 1. The molecule has 3 aromatic carbocycles. The van der Waals surface area contributed by atoms with Gasteiger partial charge in [-0.1, -0.05) is 54.6 Å². The van der Waals surface area contributed by atoms with E-state index in [9.17, 15) is 0 Å². The molecule has 0 saturated carbocycles. The molecule has 0 aliphatic heterocycles. The number of hydrogen-bond donors (Lipinski definition) is 0. The van der Waals surface area contributed by atoms with Crippen LogP contribution in [0.1, 0.15) is 0 Å². The van der Waals surface area contributed by atoms with Gasteiger partial charge in [0.2, 0.25) is 0 Å². The molecule has 0 atom stereocenters. The monoisotopic (exact) mass is 326 g/mol. The first-order valence-electron chi connectivity index (χ1n) is 8.19. The maximum absolute atomic E-state index is 5.27. The Hall–Kier alpha value is -3.33. The van der Waals surface area contributed by atoms with Gasteiger partial charge in [-0.2, -0.15) is 0 Å². The van der Waals surface area contributed by atoms with Gasteiger partial charge < -0.3 is 4.74 Å². The number of rotatable bonds is 4. The van der Waals surface area contributed by atoms with E-state index >= 15 is 0 Å². The summed E-state index contributed by atoms with van der Waals surface area (Å²) < 4.78 is 7.38. The highest BCUT2D eigenvalue weighted by molar-refractivity contribution is 5.81. The highest BCUT2D eigenvalue weighted by Crippen LogP contribution is 2.33. The molecule has 4 rings (SSSR count). The number of para-hydroxylation sites is 1. The predicted octanol–water partition coefficient (Wildman–Crippen LogP) is 5.21. The lowest BCUT2D eigenvalue weighted by atomic mass is 9.99.